The lowest BCUT2D eigenvalue weighted by molar-refractivity contribution is -0.116. The van der Waals surface area contributed by atoms with Gasteiger partial charge in [0.05, 0.1) is 5.56 Å². The highest BCUT2D eigenvalue weighted by Gasteiger charge is 2.16. The number of benzene rings is 1. The number of thiophene rings is 1. The first-order valence-electron chi connectivity index (χ1n) is 7.77. The van der Waals surface area contributed by atoms with E-state index in [1.165, 1.54) is 23.5 Å². The van der Waals surface area contributed by atoms with Gasteiger partial charge < -0.3 is 10.6 Å². The molecule has 1 amide bonds. The molecule has 2 aromatic rings. The number of anilines is 1. The van der Waals surface area contributed by atoms with Crippen LogP contribution in [0.5, 0.6) is 0 Å². The topological polar surface area (TPSA) is 64.9 Å². The van der Waals surface area contributed by atoms with Crippen molar-refractivity contribution in [2.45, 2.75) is 26.3 Å². The second kappa shape index (κ2) is 8.57. The standard InChI is InChI=1S/C18H20FN3OS/c1-12(2)17(13-3-5-15(19)6-4-13)21-9-7-16(23)22-18-14(11-20)8-10-24-18/h3-6,8,10,12,17,21H,7,9H2,1-2H3,(H,22,23). The van der Waals surface area contributed by atoms with Gasteiger partial charge in [-0.15, -0.1) is 11.3 Å². The molecule has 2 rings (SSSR count). The molecule has 4 nitrogen and oxygen atoms in total. The summed E-state index contributed by atoms with van der Waals surface area (Å²) < 4.78 is 13.1. The fourth-order valence-corrected chi connectivity index (χ4v) is 3.19. The minimum absolute atomic E-state index is 0.0507. The Morgan fingerprint density at radius 3 is 2.62 bits per heavy atom. The molecule has 0 aliphatic rings. The van der Waals surface area contributed by atoms with Crippen molar-refractivity contribution < 1.29 is 9.18 Å². The lowest BCUT2D eigenvalue weighted by atomic mass is 9.96. The van der Waals surface area contributed by atoms with Crippen LogP contribution in [0.25, 0.3) is 0 Å². The molecule has 0 aliphatic heterocycles. The highest BCUT2D eigenvalue weighted by atomic mass is 32.1. The van der Waals surface area contributed by atoms with Gasteiger partial charge in [-0.2, -0.15) is 5.26 Å². The molecular weight excluding hydrogens is 325 g/mol. The Morgan fingerprint density at radius 2 is 2.00 bits per heavy atom. The number of nitriles is 1. The first kappa shape index (κ1) is 18.1. The number of amides is 1. The predicted octanol–water partition coefficient (Wildman–Crippen LogP) is 4.07. The van der Waals surface area contributed by atoms with Gasteiger partial charge in [-0.25, -0.2) is 4.39 Å². The van der Waals surface area contributed by atoms with Crippen molar-refractivity contribution in [1.82, 2.24) is 5.32 Å². The van der Waals surface area contributed by atoms with Crippen LogP contribution in [-0.4, -0.2) is 12.5 Å². The van der Waals surface area contributed by atoms with Crippen LogP contribution in [0.3, 0.4) is 0 Å². The van der Waals surface area contributed by atoms with E-state index in [4.69, 9.17) is 5.26 Å². The van der Waals surface area contributed by atoms with Gasteiger partial charge in [0.2, 0.25) is 5.91 Å². The maximum absolute atomic E-state index is 13.1. The molecule has 0 saturated heterocycles. The van der Waals surface area contributed by atoms with Crippen LogP contribution in [0.1, 0.15) is 37.4 Å². The summed E-state index contributed by atoms with van der Waals surface area (Å²) in [4.78, 5) is 12.0. The van der Waals surface area contributed by atoms with E-state index >= 15 is 0 Å². The zero-order chi connectivity index (χ0) is 17.5. The number of halogens is 1. The molecular formula is C18H20FN3OS. The molecule has 1 unspecified atom stereocenters. The van der Waals surface area contributed by atoms with E-state index in [0.717, 1.165) is 5.56 Å². The monoisotopic (exact) mass is 345 g/mol. The van der Waals surface area contributed by atoms with Crippen molar-refractivity contribution >= 4 is 22.2 Å². The van der Waals surface area contributed by atoms with Crippen molar-refractivity contribution in [1.29, 1.82) is 5.26 Å². The minimum Gasteiger partial charge on any atom is -0.317 e. The van der Waals surface area contributed by atoms with Crippen molar-refractivity contribution in [3.05, 3.63) is 52.7 Å². The molecule has 0 fully saturated rings. The number of rotatable bonds is 7. The lowest BCUT2D eigenvalue weighted by Crippen LogP contribution is -2.29. The summed E-state index contributed by atoms with van der Waals surface area (Å²) >= 11 is 1.33. The zero-order valence-electron chi connectivity index (χ0n) is 13.7. The summed E-state index contributed by atoms with van der Waals surface area (Å²) in [7, 11) is 0. The molecule has 0 spiro atoms. The fourth-order valence-electron chi connectivity index (χ4n) is 2.43. The third kappa shape index (κ3) is 4.88. The second-order valence-electron chi connectivity index (χ2n) is 5.80. The second-order valence-corrected chi connectivity index (χ2v) is 6.72. The molecule has 1 heterocycles. The molecule has 126 valence electrons. The van der Waals surface area contributed by atoms with Crippen LogP contribution in [0, 0.1) is 23.1 Å². The molecule has 1 aromatic carbocycles. The summed E-state index contributed by atoms with van der Waals surface area (Å²) in [6.45, 7) is 4.65. The number of hydrogen-bond donors (Lipinski definition) is 2. The van der Waals surface area contributed by atoms with E-state index in [1.54, 1.807) is 23.6 Å². The first-order valence-corrected chi connectivity index (χ1v) is 8.65. The smallest absolute Gasteiger partial charge is 0.226 e. The fraction of sp³-hybridized carbons (Fsp3) is 0.333. The maximum Gasteiger partial charge on any atom is 0.226 e. The van der Waals surface area contributed by atoms with Gasteiger partial charge in [-0.3, -0.25) is 4.79 Å². The number of nitrogens with zero attached hydrogens (tertiary/aromatic N) is 1. The highest BCUT2D eigenvalue weighted by molar-refractivity contribution is 7.14. The summed E-state index contributed by atoms with van der Waals surface area (Å²) in [6, 6.07) is 10.2. The van der Waals surface area contributed by atoms with Crippen molar-refractivity contribution in [2.75, 3.05) is 11.9 Å². The van der Waals surface area contributed by atoms with Crippen molar-refractivity contribution in [3.63, 3.8) is 0 Å². The van der Waals surface area contributed by atoms with Gasteiger partial charge in [0.15, 0.2) is 0 Å². The summed E-state index contributed by atoms with van der Waals surface area (Å²) in [5.74, 6) is -0.0889. The molecule has 0 saturated carbocycles. The van der Waals surface area contributed by atoms with Gasteiger partial charge in [0.1, 0.15) is 16.9 Å². The Balaban J connectivity index is 1.88. The van der Waals surface area contributed by atoms with Crippen LogP contribution < -0.4 is 10.6 Å². The minimum atomic E-state index is -0.259. The normalized spacial score (nSPS) is 12.0. The van der Waals surface area contributed by atoms with E-state index in [-0.39, 0.29) is 17.8 Å². The third-order valence-electron chi connectivity index (χ3n) is 3.65. The van der Waals surface area contributed by atoms with Crippen LogP contribution in [0.15, 0.2) is 35.7 Å². The van der Waals surface area contributed by atoms with Gasteiger partial charge in [-0.1, -0.05) is 26.0 Å². The van der Waals surface area contributed by atoms with E-state index in [0.29, 0.717) is 29.4 Å². The first-order chi connectivity index (χ1) is 11.5. The zero-order valence-corrected chi connectivity index (χ0v) is 14.5. The maximum atomic E-state index is 13.1. The van der Waals surface area contributed by atoms with Gasteiger partial charge in [-0.05, 0) is 35.1 Å². The largest absolute Gasteiger partial charge is 0.317 e. The summed E-state index contributed by atoms with van der Waals surface area (Å²) in [6.07, 6.45) is 0.299. The highest BCUT2D eigenvalue weighted by Crippen LogP contribution is 2.23. The third-order valence-corrected chi connectivity index (χ3v) is 4.48. The summed E-state index contributed by atoms with van der Waals surface area (Å²) in [5.41, 5.74) is 1.48. The van der Waals surface area contributed by atoms with Gasteiger partial charge >= 0.3 is 0 Å². The predicted molar refractivity (Wildman–Crippen MR) is 94.3 cm³/mol. The molecule has 1 aromatic heterocycles. The van der Waals surface area contributed by atoms with E-state index in [9.17, 15) is 9.18 Å². The Hall–Kier alpha value is -2.23. The molecule has 24 heavy (non-hydrogen) atoms. The Kier molecular flexibility index (Phi) is 6.47. The average Bonchev–Trinajstić information content (AvgIpc) is 2.99. The van der Waals surface area contributed by atoms with E-state index < -0.39 is 0 Å². The van der Waals surface area contributed by atoms with Gasteiger partial charge in [0.25, 0.3) is 0 Å². The number of nitrogens with one attached hydrogen (secondary N) is 2. The quantitative estimate of drug-likeness (QED) is 0.795. The lowest BCUT2D eigenvalue weighted by Gasteiger charge is -2.23. The van der Waals surface area contributed by atoms with Crippen LogP contribution >= 0.6 is 11.3 Å². The summed E-state index contributed by atoms with van der Waals surface area (Å²) in [5, 5.41) is 17.4. The Labute approximate surface area is 145 Å². The number of carbonyl (C=O) groups excluding carboxylic acids is 1. The molecule has 6 heteroatoms. The molecule has 0 radical (unpaired) electrons. The van der Waals surface area contributed by atoms with Gasteiger partial charge in [0, 0.05) is 19.0 Å². The average molecular weight is 345 g/mol. The molecule has 2 N–H and O–H groups in total. The molecule has 0 aliphatic carbocycles. The number of hydrogen-bond acceptors (Lipinski definition) is 4. The van der Waals surface area contributed by atoms with Crippen LogP contribution in [0.2, 0.25) is 0 Å². The van der Waals surface area contributed by atoms with Crippen LogP contribution in [0.4, 0.5) is 9.39 Å². The molecule has 0 bridgehead atoms. The van der Waals surface area contributed by atoms with E-state index in [1.807, 2.05) is 6.07 Å². The molecule has 1 atom stereocenters. The SMILES string of the molecule is CC(C)C(NCCC(=O)Nc1sccc1C#N)c1ccc(F)cc1. The number of carbonyl (C=O) groups is 1. The Bertz CT molecular complexity index is 719. The van der Waals surface area contributed by atoms with Crippen LogP contribution in [-0.2, 0) is 4.79 Å². The Morgan fingerprint density at radius 1 is 1.29 bits per heavy atom. The van der Waals surface area contributed by atoms with Crippen molar-refractivity contribution in [3.8, 4) is 6.07 Å². The van der Waals surface area contributed by atoms with Crippen molar-refractivity contribution in [2.24, 2.45) is 5.92 Å². The van der Waals surface area contributed by atoms with E-state index in [2.05, 4.69) is 24.5 Å².